The van der Waals surface area contributed by atoms with Gasteiger partial charge in [-0.3, -0.25) is 24.6 Å². The highest BCUT2D eigenvalue weighted by atomic mass is 19.1. The average Bonchev–Trinajstić information content (AvgIpc) is 3.38. The Hall–Kier alpha value is -7.32. The molecule has 4 aromatic carbocycles. The van der Waals surface area contributed by atoms with E-state index in [0.717, 1.165) is 66.8 Å². The molecule has 0 aliphatic carbocycles. The predicted octanol–water partition coefficient (Wildman–Crippen LogP) is 9.93. The van der Waals surface area contributed by atoms with Gasteiger partial charge in [0.25, 0.3) is 0 Å². The number of hydrogen-bond donors (Lipinski definition) is 1. The van der Waals surface area contributed by atoms with Crippen molar-refractivity contribution < 1.29 is 32.7 Å². The second-order valence-corrected chi connectivity index (χ2v) is 16.1. The first kappa shape index (κ1) is 46.7. The van der Waals surface area contributed by atoms with E-state index in [1.165, 1.54) is 25.3 Å². The number of pyridine rings is 2. The minimum atomic E-state index is -0.604. The third-order valence-corrected chi connectivity index (χ3v) is 11.8. The first-order valence-electron chi connectivity index (χ1n) is 22.2. The van der Waals surface area contributed by atoms with Gasteiger partial charge in [0.05, 0.1) is 32.3 Å². The number of nitrogens with two attached hydrogens (primary N) is 1. The molecule has 0 unspecified atom stereocenters. The van der Waals surface area contributed by atoms with Crippen molar-refractivity contribution in [3.63, 3.8) is 0 Å². The van der Waals surface area contributed by atoms with Crippen LogP contribution in [0.4, 0.5) is 29.7 Å². The molecule has 2 fully saturated rings. The van der Waals surface area contributed by atoms with Crippen LogP contribution in [0.3, 0.4) is 0 Å². The molecule has 4 heterocycles. The third-order valence-electron chi connectivity index (χ3n) is 11.8. The minimum Gasteiger partial charge on any atom is -0.465 e. The number of halogens is 2. The van der Waals surface area contributed by atoms with E-state index in [0.29, 0.717) is 48.7 Å². The molecule has 2 aromatic heterocycles. The molecule has 12 nitrogen and oxygen atoms in total. The van der Waals surface area contributed by atoms with E-state index in [2.05, 4.69) is 14.7 Å². The maximum atomic E-state index is 14.9. The molecule has 340 valence electrons. The minimum absolute atomic E-state index is 0.0505. The fourth-order valence-corrected chi connectivity index (χ4v) is 8.01. The molecule has 0 spiro atoms. The van der Waals surface area contributed by atoms with Gasteiger partial charge in [0, 0.05) is 79.0 Å². The number of esters is 1. The number of aromatic nitrogens is 2. The molecule has 0 radical (unpaired) electrons. The molecule has 14 heteroatoms. The Morgan fingerprint density at radius 3 is 1.38 bits per heavy atom. The first-order valence-corrected chi connectivity index (χ1v) is 22.2. The van der Waals surface area contributed by atoms with Gasteiger partial charge in [-0.15, -0.1) is 0 Å². The fraction of sp³-hybridized carbons (Fsp3) is 0.269. The molecule has 0 atom stereocenters. The number of carbonyl (C=O) groups excluding carboxylic acids is 4. The zero-order valence-electron chi connectivity index (χ0n) is 37.0. The van der Waals surface area contributed by atoms with Crippen LogP contribution in [0.1, 0.15) is 70.4 Å². The molecule has 0 bridgehead atoms. The summed E-state index contributed by atoms with van der Waals surface area (Å²) in [4.78, 5) is 65.6. The van der Waals surface area contributed by atoms with Gasteiger partial charge < -0.3 is 20.3 Å². The largest absolute Gasteiger partial charge is 0.465 e. The number of likely N-dealkylation sites (tertiary alicyclic amines) is 2. The van der Waals surface area contributed by atoms with Crippen LogP contribution in [0.15, 0.2) is 134 Å². The van der Waals surface area contributed by atoms with Gasteiger partial charge in [-0.05, 0) is 115 Å². The second-order valence-electron chi connectivity index (χ2n) is 16.1. The Kier molecular flexibility index (Phi) is 15.9. The van der Waals surface area contributed by atoms with Crippen molar-refractivity contribution in [2.75, 3.05) is 49.6 Å². The van der Waals surface area contributed by atoms with Crippen molar-refractivity contribution >= 4 is 35.2 Å². The second kappa shape index (κ2) is 22.5. The zero-order chi connectivity index (χ0) is 46.4. The van der Waals surface area contributed by atoms with E-state index in [1.54, 1.807) is 46.7 Å². The van der Waals surface area contributed by atoms with Crippen LogP contribution < -0.4 is 15.5 Å². The lowest BCUT2D eigenvalue weighted by atomic mass is 10.1. The smallest absolute Gasteiger partial charge is 0.337 e. The number of piperidine rings is 2. The highest BCUT2D eigenvalue weighted by Crippen LogP contribution is 2.29. The van der Waals surface area contributed by atoms with Gasteiger partial charge >= 0.3 is 18.0 Å². The Morgan fingerprint density at radius 2 is 1.00 bits per heavy atom. The summed E-state index contributed by atoms with van der Waals surface area (Å²) in [5.74, 6) is -2.01. The lowest BCUT2D eigenvalue weighted by Gasteiger charge is -2.33. The van der Waals surface area contributed by atoms with Gasteiger partial charge in [0.1, 0.15) is 11.6 Å². The van der Waals surface area contributed by atoms with Gasteiger partial charge in [-0.1, -0.05) is 54.6 Å². The van der Waals surface area contributed by atoms with Gasteiger partial charge in [-0.25, -0.2) is 23.2 Å². The topological polar surface area (TPSA) is 142 Å². The molecule has 0 saturated carbocycles. The summed E-state index contributed by atoms with van der Waals surface area (Å²) in [6, 6.07) is 31.1. The van der Waals surface area contributed by atoms with Crippen LogP contribution in [0.25, 0.3) is 22.3 Å². The molecule has 2 saturated heterocycles. The summed E-state index contributed by atoms with van der Waals surface area (Å²) in [6.45, 7) is 2.69. The Balaban J connectivity index is 0.000000196. The molecule has 2 aliphatic rings. The van der Waals surface area contributed by atoms with Crippen molar-refractivity contribution in [3.05, 3.63) is 168 Å². The average molecular weight is 894 g/mol. The number of urea groups is 2. The maximum absolute atomic E-state index is 14.9. The number of carbonyl (C=O) groups is 4. The Bertz CT molecular complexity index is 2410. The number of ether oxygens (including phenoxy) is 1. The molecular weight excluding hydrogens is 841 g/mol. The van der Waals surface area contributed by atoms with Crippen LogP contribution in [0.2, 0.25) is 0 Å². The fourth-order valence-electron chi connectivity index (χ4n) is 8.01. The standard InChI is InChI=1S/C26H27FN4O2.C26H26FN3O3/c27-24-15-20(25(32)16-28)6-7-22(24)18-31(26(33)30-13-2-1-3-14-30)23-10-8-19(9-11-23)21-5-4-12-29-17-21;1-33-25(31)20-7-8-22(24(27)16-20)18-30(26(32)29-14-3-2-4-15-29)23-11-9-19(10-12-23)21-6-5-13-28-17-21/h4-12,15,17H,1-3,13-14,16,18,28H2;5-13,16-17H,2-4,14-15,18H2,1H3. The van der Waals surface area contributed by atoms with Crippen LogP contribution in [-0.2, 0) is 17.8 Å². The zero-order valence-corrected chi connectivity index (χ0v) is 37.0. The number of nitrogens with zero attached hydrogens (tertiary/aromatic N) is 6. The molecule has 66 heavy (non-hydrogen) atoms. The van der Waals surface area contributed by atoms with Gasteiger partial charge in [-0.2, -0.15) is 0 Å². The van der Waals surface area contributed by atoms with Crippen molar-refractivity contribution in [1.29, 1.82) is 0 Å². The van der Waals surface area contributed by atoms with Gasteiger partial charge in [0.15, 0.2) is 5.78 Å². The van der Waals surface area contributed by atoms with Crippen molar-refractivity contribution in [2.45, 2.75) is 51.6 Å². The lowest BCUT2D eigenvalue weighted by molar-refractivity contribution is 0.0600. The number of rotatable bonds is 11. The molecular formula is C52H53F2N7O5. The summed E-state index contributed by atoms with van der Waals surface area (Å²) in [5, 5.41) is 0. The van der Waals surface area contributed by atoms with E-state index >= 15 is 0 Å². The number of anilines is 2. The number of ketones is 1. The summed E-state index contributed by atoms with van der Waals surface area (Å²) < 4.78 is 34.4. The van der Waals surface area contributed by atoms with Crippen LogP contribution >= 0.6 is 0 Å². The predicted molar refractivity (Wildman–Crippen MR) is 251 cm³/mol. The molecule has 2 aliphatic heterocycles. The summed E-state index contributed by atoms with van der Waals surface area (Å²) in [7, 11) is 1.25. The normalized spacial score (nSPS) is 13.5. The lowest BCUT2D eigenvalue weighted by Crippen LogP contribution is -2.45. The van der Waals surface area contributed by atoms with Gasteiger partial charge in [0.2, 0.25) is 0 Å². The quantitative estimate of drug-likeness (QED) is 0.100. The van der Waals surface area contributed by atoms with E-state index in [1.807, 2.05) is 82.6 Å². The number of benzene rings is 4. The van der Waals surface area contributed by atoms with E-state index in [4.69, 9.17) is 5.73 Å². The number of methoxy groups -OCH3 is 1. The van der Waals surface area contributed by atoms with E-state index in [-0.39, 0.29) is 48.6 Å². The number of amides is 4. The van der Waals surface area contributed by atoms with Crippen LogP contribution in [0, 0.1) is 11.6 Å². The van der Waals surface area contributed by atoms with E-state index in [9.17, 15) is 28.0 Å². The highest BCUT2D eigenvalue weighted by Gasteiger charge is 2.27. The SMILES string of the molecule is COC(=O)c1ccc(CN(C(=O)N2CCCCC2)c2ccc(-c3cccnc3)cc2)c(F)c1.NCC(=O)c1ccc(CN(C(=O)N2CCCCC2)c2ccc(-c3cccnc3)cc2)c(F)c1. The van der Waals surface area contributed by atoms with Crippen LogP contribution in [0.5, 0.6) is 0 Å². The third kappa shape index (κ3) is 11.7. The van der Waals surface area contributed by atoms with E-state index < -0.39 is 17.6 Å². The first-order chi connectivity index (χ1) is 32.1. The van der Waals surface area contributed by atoms with Crippen molar-refractivity contribution in [2.24, 2.45) is 5.73 Å². The summed E-state index contributed by atoms with van der Waals surface area (Å²) in [6.07, 6.45) is 13.1. The number of hydrogen-bond acceptors (Lipinski definition) is 8. The Labute approximate surface area is 383 Å². The highest BCUT2D eigenvalue weighted by molar-refractivity contribution is 5.98. The van der Waals surface area contributed by atoms with Crippen LogP contribution in [-0.4, -0.2) is 83.4 Å². The molecule has 8 rings (SSSR count). The van der Waals surface area contributed by atoms with Crippen molar-refractivity contribution in [3.8, 4) is 22.3 Å². The monoisotopic (exact) mass is 893 g/mol. The number of Topliss-reactive ketones (excluding diaryl/α,β-unsaturated/α-hetero) is 1. The maximum Gasteiger partial charge on any atom is 0.337 e. The summed E-state index contributed by atoms with van der Waals surface area (Å²) >= 11 is 0. The molecule has 4 amide bonds. The summed E-state index contributed by atoms with van der Waals surface area (Å²) in [5.41, 5.74) is 11.7. The molecule has 6 aromatic rings. The Morgan fingerprint density at radius 1 is 0.576 bits per heavy atom. The molecule has 2 N–H and O–H groups in total. The van der Waals surface area contributed by atoms with Crippen molar-refractivity contribution in [1.82, 2.24) is 19.8 Å².